The number of benzene rings is 1. The molecule has 0 bridgehead atoms. The number of carbonyl (C=O) groups is 1. The van der Waals surface area contributed by atoms with Gasteiger partial charge in [0, 0.05) is 12.6 Å². The molecule has 8 nitrogen and oxygen atoms in total. The number of aryl methyl sites for hydroxylation is 2. The highest BCUT2D eigenvalue weighted by molar-refractivity contribution is 6.12. The van der Waals surface area contributed by atoms with Gasteiger partial charge < -0.3 is 15.6 Å². The number of anilines is 2. The van der Waals surface area contributed by atoms with E-state index in [9.17, 15) is 9.18 Å². The normalized spacial score (nSPS) is 11.1. The van der Waals surface area contributed by atoms with Crippen molar-refractivity contribution in [1.82, 2.24) is 24.1 Å². The van der Waals surface area contributed by atoms with Crippen LogP contribution in [0.4, 0.5) is 15.9 Å². The number of hydrogen-bond donors (Lipinski definition) is 2. The molecule has 3 heterocycles. The molecule has 0 aliphatic rings. The van der Waals surface area contributed by atoms with Gasteiger partial charge in [-0.05, 0) is 18.6 Å². The van der Waals surface area contributed by atoms with E-state index in [0.717, 1.165) is 33.7 Å². The molecule has 3 aromatic heterocycles. The highest BCUT2D eigenvalue weighted by Gasteiger charge is 2.21. The lowest BCUT2D eigenvalue weighted by Crippen LogP contribution is -2.15. The first-order valence-corrected chi connectivity index (χ1v) is 8.12. The van der Waals surface area contributed by atoms with E-state index in [1.54, 1.807) is 18.6 Å². The Bertz CT molecular complexity index is 1180. The van der Waals surface area contributed by atoms with E-state index in [1.807, 2.05) is 30.7 Å². The fraction of sp³-hybridized carbons (Fsp3) is 0.111. The number of nitrogen functional groups attached to an aromatic ring is 1. The maximum absolute atomic E-state index is 13.3. The number of imidazole rings is 1. The minimum Gasteiger partial charge on any atom is -0.381 e. The molecule has 0 unspecified atom stereocenters. The quantitative estimate of drug-likeness (QED) is 0.580. The zero-order valence-electron chi connectivity index (χ0n) is 14.6. The highest BCUT2D eigenvalue weighted by atomic mass is 19.1. The number of halogens is 1. The summed E-state index contributed by atoms with van der Waals surface area (Å²) < 4.78 is 16.4. The van der Waals surface area contributed by atoms with Gasteiger partial charge in [-0.1, -0.05) is 12.1 Å². The SMILES string of the molecule is Cc1cccc(NC(=O)c2c(N)nn3cc(F)cnc23)c1-c1cncn1C. The molecule has 3 N–H and O–H groups in total. The van der Waals surface area contributed by atoms with Crippen LogP contribution in [0.2, 0.25) is 0 Å². The average molecular weight is 365 g/mol. The van der Waals surface area contributed by atoms with Gasteiger partial charge in [0.2, 0.25) is 0 Å². The van der Waals surface area contributed by atoms with Crippen LogP contribution in [0.15, 0.2) is 43.1 Å². The van der Waals surface area contributed by atoms with Crippen LogP contribution in [0.25, 0.3) is 16.9 Å². The van der Waals surface area contributed by atoms with E-state index >= 15 is 0 Å². The molecule has 1 amide bonds. The minimum atomic E-state index is -0.575. The molecular formula is C18H16FN7O. The Hall–Kier alpha value is -3.75. The summed E-state index contributed by atoms with van der Waals surface area (Å²) in [5.41, 5.74) is 9.43. The van der Waals surface area contributed by atoms with Gasteiger partial charge in [-0.25, -0.2) is 18.9 Å². The van der Waals surface area contributed by atoms with Crippen molar-refractivity contribution in [1.29, 1.82) is 0 Å². The van der Waals surface area contributed by atoms with Crippen LogP contribution < -0.4 is 11.1 Å². The van der Waals surface area contributed by atoms with E-state index in [1.165, 1.54) is 0 Å². The van der Waals surface area contributed by atoms with E-state index in [-0.39, 0.29) is 17.0 Å². The van der Waals surface area contributed by atoms with Gasteiger partial charge in [0.1, 0.15) is 5.56 Å². The summed E-state index contributed by atoms with van der Waals surface area (Å²) in [6.07, 6.45) is 5.55. The van der Waals surface area contributed by atoms with Crippen molar-refractivity contribution in [3.05, 3.63) is 60.1 Å². The van der Waals surface area contributed by atoms with Crippen LogP contribution in [0, 0.1) is 12.7 Å². The van der Waals surface area contributed by atoms with Crippen LogP contribution in [0.3, 0.4) is 0 Å². The van der Waals surface area contributed by atoms with Gasteiger partial charge >= 0.3 is 0 Å². The largest absolute Gasteiger partial charge is 0.381 e. The fourth-order valence-corrected chi connectivity index (χ4v) is 3.04. The van der Waals surface area contributed by atoms with E-state index < -0.39 is 11.7 Å². The lowest BCUT2D eigenvalue weighted by Gasteiger charge is -2.14. The fourth-order valence-electron chi connectivity index (χ4n) is 3.04. The molecule has 0 fully saturated rings. The van der Waals surface area contributed by atoms with Gasteiger partial charge in [-0.15, -0.1) is 5.10 Å². The molecule has 0 spiro atoms. The topological polar surface area (TPSA) is 103 Å². The molecule has 4 aromatic rings. The zero-order chi connectivity index (χ0) is 19.1. The number of nitrogens with zero attached hydrogens (tertiary/aromatic N) is 5. The number of nitrogens with one attached hydrogen (secondary N) is 1. The second-order valence-corrected chi connectivity index (χ2v) is 6.14. The van der Waals surface area contributed by atoms with Gasteiger partial charge in [-0.3, -0.25) is 4.79 Å². The zero-order valence-corrected chi connectivity index (χ0v) is 14.6. The molecule has 1 aromatic carbocycles. The van der Waals surface area contributed by atoms with Crippen molar-refractivity contribution >= 4 is 23.1 Å². The van der Waals surface area contributed by atoms with E-state index in [0.29, 0.717) is 5.69 Å². The Balaban J connectivity index is 1.78. The third-order valence-electron chi connectivity index (χ3n) is 4.29. The second-order valence-electron chi connectivity index (χ2n) is 6.14. The molecule has 0 radical (unpaired) electrons. The van der Waals surface area contributed by atoms with Gasteiger partial charge in [-0.2, -0.15) is 0 Å². The number of hydrogen-bond acceptors (Lipinski definition) is 5. The van der Waals surface area contributed by atoms with E-state index in [4.69, 9.17) is 5.73 Å². The summed E-state index contributed by atoms with van der Waals surface area (Å²) in [7, 11) is 1.88. The number of rotatable bonds is 3. The van der Waals surface area contributed by atoms with E-state index in [2.05, 4.69) is 20.4 Å². The Labute approximate surface area is 153 Å². The van der Waals surface area contributed by atoms with Crippen LogP contribution in [-0.4, -0.2) is 30.1 Å². The third-order valence-corrected chi connectivity index (χ3v) is 4.29. The van der Waals surface area contributed by atoms with Crippen molar-refractivity contribution < 1.29 is 9.18 Å². The number of carbonyl (C=O) groups excluding carboxylic acids is 1. The Morgan fingerprint density at radius 3 is 2.85 bits per heavy atom. The standard InChI is InChI=1S/C18H16FN7O/c1-10-4-3-5-12(14(10)13-7-21-9-25(13)2)23-18(27)15-16(20)24-26-8-11(19)6-22-17(15)26/h3-9H,1-2H3,(H2,20,24)(H,23,27). The molecular weight excluding hydrogens is 349 g/mol. The molecule has 9 heteroatoms. The lowest BCUT2D eigenvalue weighted by atomic mass is 10.0. The second kappa shape index (κ2) is 6.20. The summed E-state index contributed by atoms with van der Waals surface area (Å²) in [4.78, 5) is 21.0. The maximum Gasteiger partial charge on any atom is 0.263 e. The number of fused-ring (bicyclic) bond motifs is 1. The van der Waals surface area contributed by atoms with Crippen LogP contribution >= 0.6 is 0 Å². The first-order valence-electron chi connectivity index (χ1n) is 8.12. The maximum atomic E-state index is 13.3. The molecule has 0 saturated heterocycles. The predicted octanol–water partition coefficient (Wildman–Crippen LogP) is 2.41. The van der Waals surface area contributed by atoms with Crippen molar-refractivity contribution in [2.24, 2.45) is 7.05 Å². The molecule has 0 atom stereocenters. The smallest absolute Gasteiger partial charge is 0.263 e. The highest BCUT2D eigenvalue weighted by Crippen LogP contribution is 2.31. The summed E-state index contributed by atoms with van der Waals surface area (Å²) in [6, 6.07) is 5.59. The van der Waals surface area contributed by atoms with Gasteiger partial charge in [0.15, 0.2) is 17.3 Å². The first kappa shape index (κ1) is 16.7. The third kappa shape index (κ3) is 2.78. The number of aromatic nitrogens is 5. The van der Waals surface area contributed by atoms with Crippen molar-refractivity contribution in [3.8, 4) is 11.3 Å². The molecule has 0 saturated carbocycles. The van der Waals surface area contributed by atoms with Gasteiger partial charge in [0.05, 0.1) is 36.3 Å². The predicted molar refractivity (Wildman–Crippen MR) is 98.7 cm³/mol. The number of amides is 1. The lowest BCUT2D eigenvalue weighted by molar-refractivity contribution is 0.102. The minimum absolute atomic E-state index is 0.0275. The Morgan fingerprint density at radius 2 is 2.11 bits per heavy atom. The van der Waals surface area contributed by atoms with Crippen molar-refractivity contribution in [3.63, 3.8) is 0 Å². The molecule has 0 aliphatic carbocycles. The van der Waals surface area contributed by atoms with Crippen LogP contribution in [-0.2, 0) is 7.05 Å². The first-order chi connectivity index (χ1) is 13.0. The molecule has 4 rings (SSSR count). The Kier molecular flexibility index (Phi) is 3.84. The number of nitrogens with two attached hydrogens (primary N) is 1. The van der Waals surface area contributed by atoms with Crippen molar-refractivity contribution in [2.45, 2.75) is 6.92 Å². The molecule has 27 heavy (non-hydrogen) atoms. The summed E-state index contributed by atoms with van der Waals surface area (Å²) in [5.74, 6) is -1.08. The van der Waals surface area contributed by atoms with Crippen LogP contribution in [0.1, 0.15) is 15.9 Å². The summed E-state index contributed by atoms with van der Waals surface area (Å²) in [6.45, 7) is 1.95. The summed E-state index contributed by atoms with van der Waals surface area (Å²) >= 11 is 0. The molecule has 0 aliphatic heterocycles. The van der Waals surface area contributed by atoms with Gasteiger partial charge in [0.25, 0.3) is 5.91 Å². The van der Waals surface area contributed by atoms with Crippen molar-refractivity contribution in [2.75, 3.05) is 11.1 Å². The molecule has 136 valence electrons. The monoisotopic (exact) mass is 365 g/mol. The summed E-state index contributed by atoms with van der Waals surface area (Å²) in [5, 5.41) is 6.83. The Morgan fingerprint density at radius 1 is 1.30 bits per heavy atom. The average Bonchev–Trinajstić information content (AvgIpc) is 3.17. The van der Waals surface area contributed by atoms with Crippen LogP contribution in [0.5, 0.6) is 0 Å².